The highest BCUT2D eigenvalue weighted by molar-refractivity contribution is 5.83. The van der Waals surface area contributed by atoms with Gasteiger partial charge in [0, 0.05) is 35.5 Å². The lowest BCUT2D eigenvalue weighted by atomic mass is 9.87. The molecule has 4 nitrogen and oxygen atoms in total. The van der Waals surface area contributed by atoms with Gasteiger partial charge in [-0.2, -0.15) is 0 Å². The number of furan rings is 1. The number of halogens is 4. The minimum atomic E-state index is -1.67. The van der Waals surface area contributed by atoms with E-state index in [1.54, 1.807) is 17.0 Å². The SMILES string of the molecule is CC1Cc2c(oc3c(F)cccc23)C(c2c(F)cc(CCC(=O)O)cc2F)N1CC(C)(C)F. The maximum atomic E-state index is 15.4. The maximum Gasteiger partial charge on any atom is 0.303 e. The van der Waals surface area contributed by atoms with Crippen LogP contribution in [0.25, 0.3) is 11.0 Å². The van der Waals surface area contributed by atoms with Crippen LogP contribution < -0.4 is 0 Å². The number of carbonyl (C=O) groups is 1. The van der Waals surface area contributed by atoms with E-state index in [1.165, 1.54) is 19.9 Å². The third-order valence-electron chi connectivity index (χ3n) is 6.05. The van der Waals surface area contributed by atoms with Crippen LogP contribution in [0.2, 0.25) is 0 Å². The maximum absolute atomic E-state index is 15.4. The fourth-order valence-electron chi connectivity index (χ4n) is 4.68. The van der Waals surface area contributed by atoms with Crippen LogP contribution in [0, 0.1) is 17.5 Å². The normalized spacial score (nSPS) is 19.1. The van der Waals surface area contributed by atoms with Crippen LogP contribution in [0.15, 0.2) is 34.7 Å². The van der Waals surface area contributed by atoms with E-state index in [-0.39, 0.29) is 47.9 Å². The molecule has 2 atom stereocenters. The Balaban J connectivity index is 1.90. The lowest BCUT2D eigenvalue weighted by molar-refractivity contribution is -0.136. The number of rotatable bonds is 6. The van der Waals surface area contributed by atoms with Crippen LogP contribution in [0.4, 0.5) is 17.6 Å². The van der Waals surface area contributed by atoms with E-state index in [0.29, 0.717) is 17.4 Å². The van der Waals surface area contributed by atoms with Gasteiger partial charge < -0.3 is 9.52 Å². The molecule has 0 fully saturated rings. The number of aliphatic carboxylic acids is 1. The molecular formula is C25H25F4NO3. The first-order chi connectivity index (χ1) is 15.5. The topological polar surface area (TPSA) is 53.7 Å². The van der Waals surface area contributed by atoms with E-state index in [9.17, 15) is 13.6 Å². The Morgan fingerprint density at radius 3 is 2.45 bits per heavy atom. The molecule has 0 saturated heterocycles. The molecule has 1 aromatic heterocycles. The number of benzene rings is 2. The second-order valence-corrected chi connectivity index (χ2v) is 9.27. The van der Waals surface area contributed by atoms with E-state index in [0.717, 1.165) is 12.1 Å². The predicted molar refractivity (Wildman–Crippen MR) is 115 cm³/mol. The van der Waals surface area contributed by atoms with Crippen molar-refractivity contribution in [2.45, 2.75) is 57.8 Å². The van der Waals surface area contributed by atoms with Gasteiger partial charge >= 0.3 is 5.97 Å². The highest BCUT2D eigenvalue weighted by Crippen LogP contribution is 2.45. The third-order valence-corrected chi connectivity index (χ3v) is 6.05. The van der Waals surface area contributed by atoms with E-state index >= 15 is 8.78 Å². The van der Waals surface area contributed by atoms with Crippen LogP contribution >= 0.6 is 0 Å². The minimum Gasteiger partial charge on any atom is -0.481 e. The van der Waals surface area contributed by atoms with Gasteiger partial charge in [0.05, 0.1) is 0 Å². The molecule has 0 amide bonds. The molecule has 2 unspecified atom stereocenters. The molecular weight excluding hydrogens is 438 g/mol. The van der Waals surface area contributed by atoms with Crippen molar-refractivity contribution >= 4 is 16.9 Å². The molecule has 8 heteroatoms. The first kappa shape index (κ1) is 23.3. The van der Waals surface area contributed by atoms with Crippen molar-refractivity contribution in [3.63, 3.8) is 0 Å². The molecule has 1 aliphatic heterocycles. The molecule has 176 valence electrons. The van der Waals surface area contributed by atoms with Crippen molar-refractivity contribution < 1.29 is 31.9 Å². The van der Waals surface area contributed by atoms with Gasteiger partial charge in [-0.3, -0.25) is 9.69 Å². The van der Waals surface area contributed by atoms with Gasteiger partial charge in [-0.25, -0.2) is 17.6 Å². The van der Waals surface area contributed by atoms with Crippen molar-refractivity contribution in [3.8, 4) is 0 Å². The molecule has 1 N–H and O–H groups in total. The molecule has 0 radical (unpaired) electrons. The van der Waals surface area contributed by atoms with Crippen LogP contribution in [-0.4, -0.2) is 34.2 Å². The standard InChI is InChI=1S/C25H25F4NO3/c1-13-9-16-15-5-4-6-17(26)23(15)33-24(16)22(30(13)12-25(2,3)29)21-18(27)10-14(11-19(21)28)7-8-20(31)32/h4-6,10-11,13,22H,7-9,12H2,1-3H3,(H,31,32). The van der Waals surface area contributed by atoms with Crippen molar-refractivity contribution in [1.82, 2.24) is 4.90 Å². The Hall–Kier alpha value is -2.87. The zero-order valence-corrected chi connectivity index (χ0v) is 18.6. The van der Waals surface area contributed by atoms with Crippen LogP contribution in [0.1, 0.15) is 55.7 Å². The van der Waals surface area contributed by atoms with Crippen molar-refractivity contribution in [3.05, 3.63) is 70.2 Å². The second kappa shape index (κ2) is 8.48. The van der Waals surface area contributed by atoms with E-state index in [1.807, 2.05) is 6.92 Å². The summed E-state index contributed by atoms with van der Waals surface area (Å²) in [5.74, 6) is -3.25. The number of aryl methyl sites for hydroxylation is 1. The molecule has 33 heavy (non-hydrogen) atoms. The summed E-state index contributed by atoms with van der Waals surface area (Å²) in [6, 6.07) is 5.26. The molecule has 0 saturated carbocycles. The molecule has 4 rings (SSSR count). The zero-order valence-electron chi connectivity index (χ0n) is 18.6. The summed E-state index contributed by atoms with van der Waals surface area (Å²) in [7, 11) is 0. The quantitative estimate of drug-likeness (QED) is 0.459. The molecule has 0 aliphatic carbocycles. The summed E-state index contributed by atoms with van der Waals surface area (Å²) >= 11 is 0. The minimum absolute atomic E-state index is 0.0000432. The average Bonchev–Trinajstić information content (AvgIpc) is 3.06. The van der Waals surface area contributed by atoms with E-state index in [2.05, 4.69) is 0 Å². The van der Waals surface area contributed by atoms with Gasteiger partial charge in [0.25, 0.3) is 0 Å². The van der Waals surface area contributed by atoms with Crippen molar-refractivity contribution in [2.75, 3.05) is 6.54 Å². The number of para-hydroxylation sites is 1. The molecule has 0 spiro atoms. The summed E-state index contributed by atoms with van der Waals surface area (Å²) in [6.45, 7) is 4.47. The van der Waals surface area contributed by atoms with E-state index in [4.69, 9.17) is 9.52 Å². The molecule has 3 aromatic rings. The average molecular weight is 463 g/mol. The smallest absolute Gasteiger partial charge is 0.303 e. The van der Waals surface area contributed by atoms with Gasteiger partial charge in [0.15, 0.2) is 11.4 Å². The van der Waals surface area contributed by atoms with Gasteiger partial charge in [-0.15, -0.1) is 0 Å². The van der Waals surface area contributed by atoms with Gasteiger partial charge in [0.1, 0.15) is 29.1 Å². The van der Waals surface area contributed by atoms with Gasteiger partial charge in [0.2, 0.25) is 0 Å². The number of fused-ring (bicyclic) bond motifs is 3. The van der Waals surface area contributed by atoms with Crippen molar-refractivity contribution in [1.29, 1.82) is 0 Å². The zero-order chi connectivity index (χ0) is 24.1. The fraction of sp³-hybridized carbons (Fsp3) is 0.400. The summed E-state index contributed by atoms with van der Waals surface area (Å²) in [5.41, 5.74) is -1.15. The van der Waals surface area contributed by atoms with Crippen LogP contribution in [0.3, 0.4) is 0 Å². The van der Waals surface area contributed by atoms with Gasteiger partial charge in [-0.1, -0.05) is 12.1 Å². The fourth-order valence-corrected chi connectivity index (χ4v) is 4.68. The molecule has 1 aliphatic rings. The highest BCUT2D eigenvalue weighted by atomic mass is 19.1. The summed E-state index contributed by atoms with van der Waals surface area (Å²) in [5, 5.41) is 9.40. The Morgan fingerprint density at radius 1 is 1.18 bits per heavy atom. The Morgan fingerprint density at radius 2 is 1.85 bits per heavy atom. The first-order valence-electron chi connectivity index (χ1n) is 10.8. The second-order valence-electron chi connectivity index (χ2n) is 9.27. The summed E-state index contributed by atoms with van der Waals surface area (Å²) < 4.78 is 65.8. The van der Waals surface area contributed by atoms with Crippen molar-refractivity contribution in [2.24, 2.45) is 0 Å². The van der Waals surface area contributed by atoms with Gasteiger partial charge in [-0.05, 0) is 57.4 Å². The Kier molecular flexibility index (Phi) is 5.99. The third kappa shape index (κ3) is 4.49. The number of carboxylic acid groups (broad SMARTS) is 1. The largest absolute Gasteiger partial charge is 0.481 e. The number of nitrogens with zero attached hydrogens (tertiary/aromatic N) is 1. The Bertz CT molecular complexity index is 1190. The molecule has 2 heterocycles. The number of carboxylic acids is 1. The molecule has 0 bridgehead atoms. The number of hydrogen-bond acceptors (Lipinski definition) is 3. The number of alkyl halides is 1. The monoisotopic (exact) mass is 463 g/mol. The summed E-state index contributed by atoms with van der Waals surface area (Å²) in [4.78, 5) is 12.5. The van der Waals surface area contributed by atoms with E-state index < -0.39 is 35.1 Å². The number of hydrogen-bond donors (Lipinski definition) is 1. The highest BCUT2D eigenvalue weighted by Gasteiger charge is 2.42. The summed E-state index contributed by atoms with van der Waals surface area (Å²) in [6.07, 6.45) is 0.0962. The van der Waals surface area contributed by atoms with Crippen LogP contribution in [-0.2, 0) is 17.6 Å². The first-order valence-corrected chi connectivity index (χ1v) is 10.8. The lowest BCUT2D eigenvalue weighted by Crippen LogP contribution is -2.48. The van der Waals surface area contributed by atoms with Crippen LogP contribution in [0.5, 0.6) is 0 Å². The Labute approximate surface area is 188 Å². The predicted octanol–water partition coefficient (Wildman–Crippen LogP) is 5.95. The lowest BCUT2D eigenvalue weighted by Gasteiger charge is -2.42. The molecule has 2 aromatic carbocycles.